The van der Waals surface area contributed by atoms with Crippen LogP contribution in [0.5, 0.6) is 0 Å². The third-order valence-electron chi connectivity index (χ3n) is 1.27. The summed E-state index contributed by atoms with van der Waals surface area (Å²) in [6.07, 6.45) is 5.49. The second-order valence-corrected chi connectivity index (χ2v) is 3.28. The first-order valence-corrected chi connectivity index (χ1v) is 4.42. The lowest BCUT2D eigenvalue weighted by atomic mass is 10.3. The molecule has 0 unspecified atom stereocenters. The molecule has 1 heterocycles. The molecule has 0 spiro atoms. The van der Waals surface area contributed by atoms with Crippen molar-refractivity contribution < 1.29 is 0 Å². The van der Waals surface area contributed by atoms with E-state index in [1.54, 1.807) is 11.3 Å². The van der Waals surface area contributed by atoms with Crippen LogP contribution in [0.15, 0.2) is 17.5 Å². The minimum atomic E-state index is 1.12. The molecule has 0 aliphatic carbocycles. The maximum absolute atomic E-state index is 2.21. The molecule has 0 aliphatic rings. The molecule has 0 saturated heterocycles. The molecule has 0 nitrogen and oxygen atoms in total. The molecule has 1 aromatic rings. The lowest BCUT2D eigenvalue weighted by Gasteiger charge is -1.79. The number of hydrogen-bond donors (Lipinski definition) is 0. The fraction of sp³-hybridized carbons (Fsp3) is 0.333. The van der Waals surface area contributed by atoms with E-state index in [-0.39, 0.29) is 0 Å². The smallest absolute Gasteiger partial charge is 0.0269 e. The van der Waals surface area contributed by atoms with Crippen LogP contribution in [0.2, 0.25) is 0 Å². The number of hydrogen-bond acceptors (Lipinski definition) is 1. The van der Waals surface area contributed by atoms with E-state index in [9.17, 15) is 0 Å². The number of aryl methyl sites for hydroxylation is 1. The molecule has 0 radical (unpaired) electrons. The van der Waals surface area contributed by atoms with Crippen molar-refractivity contribution in [3.05, 3.63) is 28.0 Å². The van der Waals surface area contributed by atoms with Crippen molar-refractivity contribution in [1.82, 2.24) is 0 Å². The Morgan fingerprint density at radius 3 is 2.90 bits per heavy atom. The van der Waals surface area contributed by atoms with E-state index < -0.39 is 0 Å². The summed E-state index contributed by atoms with van der Waals surface area (Å²) < 4.78 is 0. The number of rotatable bonds is 2. The summed E-state index contributed by atoms with van der Waals surface area (Å²) >= 11 is 1.80. The Morgan fingerprint density at radius 1 is 1.60 bits per heavy atom. The molecule has 1 aromatic heterocycles. The van der Waals surface area contributed by atoms with Crippen LogP contribution in [0.25, 0.3) is 6.08 Å². The van der Waals surface area contributed by atoms with Gasteiger partial charge in [-0.15, -0.1) is 11.3 Å². The minimum Gasteiger partial charge on any atom is -0.144 e. The first-order valence-electron chi connectivity index (χ1n) is 3.54. The van der Waals surface area contributed by atoms with Gasteiger partial charge in [-0.25, -0.2) is 0 Å². The van der Waals surface area contributed by atoms with Crippen LogP contribution in [0, 0.1) is 6.92 Å². The van der Waals surface area contributed by atoms with Crippen molar-refractivity contribution in [3.8, 4) is 0 Å². The molecule has 0 amide bonds. The highest BCUT2D eigenvalue weighted by Crippen LogP contribution is 2.14. The van der Waals surface area contributed by atoms with Crippen molar-refractivity contribution >= 4 is 17.4 Å². The molecule has 1 heteroatoms. The molecular formula is C9H12S. The van der Waals surface area contributed by atoms with Gasteiger partial charge in [-0.2, -0.15) is 0 Å². The Hall–Kier alpha value is -0.560. The van der Waals surface area contributed by atoms with E-state index in [0.29, 0.717) is 0 Å². The van der Waals surface area contributed by atoms with Gasteiger partial charge in [0.05, 0.1) is 0 Å². The number of thiophene rings is 1. The molecule has 0 fully saturated rings. The van der Waals surface area contributed by atoms with Crippen molar-refractivity contribution in [1.29, 1.82) is 0 Å². The van der Waals surface area contributed by atoms with Crippen LogP contribution in [0.1, 0.15) is 23.8 Å². The van der Waals surface area contributed by atoms with Crippen LogP contribution in [0.3, 0.4) is 0 Å². The molecular weight excluding hydrogens is 140 g/mol. The zero-order valence-electron chi connectivity index (χ0n) is 6.42. The van der Waals surface area contributed by atoms with Gasteiger partial charge in [-0.3, -0.25) is 0 Å². The predicted molar refractivity (Wildman–Crippen MR) is 48.4 cm³/mol. The van der Waals surface area contributed by atoms with Crippen LogP contribution in [-0.4, -0.2) is 0 Å². The molecule has 0 bridgehead atoms. The lowest BCUT2D eigenvalue weighted by Crippen LogP contribution is -1.58. The maximum Gasteiger partial charge on any atom is 0.0269 e. The highest BCUT2D eigenvalue weighted by molar-refractivity contribution is 7.11. The van der Waals surface area contributed by atoms with Gasteiger partial charge in [0.2, 0.25) is 0 Å². The van der Waals surface area contributed by atoms with Crippen molar-refractivity contribution in [3.63, 3.8) is 0 Å². The molecule has 0 N–H and O–H groups in total. The molecule has 1 rings (SSSR count). The summed E-state index contributed by atoms with van der Waals surface area (Å²) in [4.78, 5) is 1.36. The molecule has 54 valence electrons. The van der Waals surface area contributed by atoms with Gasteiger partial charge in [-0.05, 0) is 36.4 Å². The molecule has 0 saturated carbocycles. The van der Waals surface area contributed by atoms with Crippen LogP contribution in [0.4, 0.5) is 0 Å². The van der Waals surface area contributed by atoms with Crippen molar-refractivity contribution in [2.75, 3.05) is 0 Å². The largest absolute Gasteiger partial charge is 0.144 e. The van der Waals surface area contributed by atoms with E-state index in [4.69, 9.17) is 0 Å². The summed E-state index contributed by atoms with van der Waals surface area (Å²) in [6.45, 7) is 4.27. The average molecular weight is 152 g/mol. The van der Waals surface area contributed by atoms with Gasteiger partial charge in [-0.1, -0.05) is 13.0 Å². The van der Waals surface area contributed by atoms with Gasteiger partial charge >= 0.3 is 0 Å². The fourth-order valence-electron chi connectivity index (χ4n) is 0.775. The summed E-state index contributed by atoms with van der Waals surface area (Å²) in [5.74, 6) is 0. The quantitative estimate of drug-likeness (QED) is 0.608. The summed E-state index contributed by atoms with van der Waals surface area (Å²) in [7, 11) is 0. The van der Waals surface area contributed by atoms with Crippen LogP contribution in [-0.2, 0) is 0 Å². The zero-order chi connectivity index (χ0) is 7.40. The highest BCUT2D eigenvalue weighted by atomic mass is 32.1. The lowest BCUT2D eigenvalue weighted by molar-refractivity contribution is 1.23. The van der Waals surface area contributed by atoms with Crippen molar-refractivity contribution in [2.24, 2.45) is 0 Å². The Kier molecular flexibility index (Phi) is 2.69. The Bertz CT molecular complexity index is 220. The third kappa shape index (κ3) is 1.99. The summed E-state index contributed by atoms with van der Waals surface area (Å²) in [6, 6.07) is 2.21. The van der Waals surface area contributed by atoms with Gasteiger partial charge in [0.1, 0.15) is 0 Å². The van der Waals surface area contributed by atoms with Crippen molar-refractivity contribution in [2.45, 2.75) is 20.3 Å². The molecule has 0 atom stereocenters. The SMILES string of the molecule is CCC=Cc1cc(C)cs1. The molecule has 10 heavy (non-hydrogen) atoms. The number of allylic oxidation sites excluding steroid dienone is 1. The summed E-state index contributed by atoms with van der Waals surface area (Å²) in [5.41, 5.74) is 1.36. The second-order valence-electron chi connectivity index (χ2n) is 2.34. The van der Waals surface area contributed by atoms with Crippen LogP contribution < -0.4 is 0 Å². The standard InChI is InChI=1S/C9H12S/c1-3-4-5-9-6-8(2)7-10-9/h4-7H,3H2,1-2H3. The van der Waals surface area contributed by atoms with Gasteiger partial charge in [0.25, 0.3) is 0 Å². The normalized spacial score (nSPS) is 11.0. The molecule has 0 aliphatic heterocycles. The van der Waals surface area contributed by atoms with Crippen LogP contribution >= 0.6 is 11.3 Å². The predicted octanol–water partition coefficient (Wildman–Crippen LogP) is 3.48. The fourth-order valence-corrected chi connectivity index (χ4v) is 1.59. The van der Waals surface area contributed by atoms with Gasteiger partial charge < -0.3 is 0 Å². The van der Waals surface area contributed by atoms with E-state index in [1.807, 2.05) is 0 Å². The third-order valence-corrected chi connectivity index (χ3v) is 2.28. The maximum atomic E-state index is 2.21. The first-order chi connectivity index (χ1) is 4.83. The Morgan fingerprint density at radius 2 is 2.40 bits per heavy atom. The van der Waals surface area contributed by atoms with E-state index >= 15 is 0 Å². The van der Waals surface area contributed by atoms with Gasteiger partial charge in [0, 0.05) is 4.88 Å². The summed E-state index contributed by atoms with van der Waals surface area (Å²) in [5, 5.41) is 2.18. The Balaban J connectivity index is 2.67. The zero-order valence-corrected chi connectivity index (χ0v) is 7.24. The minimum absolute atomic E-state index is 1.12. The van der Waals surface area contributed by atoms with E-state index in [0.717, 1.165) is 6.42 Å². The molecule has 0 aromatic carbocycles. The topological polar surface area (TPSA) is 0 Å². The monoisotopic (exact) mass is 152 g/mol. The second kappa shape index (κ2) is 3.57. The average Bonchev–Trinajstić information content (AvgIpc) is 2.31. The highest BCUT2D eigenvalue weighted by Gasteiger charge is 1.88. The van der Waals surface area contributed by atoms with E-state index in [1.165, 1.54) is 10.4 Å². The first kappa shape index (κ1) is 7.55. The van der Waals surface area contributed by atoms with E-state index in [2.05, 4.69) is 37.4 Å². The Labute approximate surface area is 66.2 Å². The van der Waals surface area contributed by atoms with Gasteiger partial charge in [0.15, 0.2) is 0 Å².